The molecule has 1 unspecified atom stereocenters. The van der Waals surface area contributed by atoms with Crippen LogP contribution in [-0.2, 0) is 11.2 Å². The van der Waals surface area contributed by atoms with Crippen molar-refractivity contribution in [2.45, 2.75) is 51.2 Å². The summed E-state index contributed by atoms with van der Waals surface area (Å²) in [5.41, 5.74) is 0.127. The SMILES string of the molecule is CC(C)(C)OC(=O)Nc1ccc(CC2(O)CCCNC2)c(Cl)c1. The number of amides is 1. The van der Waals surface area contributed by atoms with Gasteiger partial charge >= 0.3 is 6.09 Å². The highest BCUT2D eigenvalue weighted by Crippen LogP contribution is 2.28. The second kappa shape index (κ2) is 7.07. The van der Waals surface area contributed by atoms with E-state index >= 15 is 0 Å². The van der Waals surface area contributed by atoms with Gasteiger partial charge in [-0.1, -0.05) is 17.7 Å². The number of carbonyl (C=O) groups is 1. The lowest BCUT2D eigenvalue weighted by Crippen LogP contribution is -2.47. The summed E-state index contributed by atoms with van der Waals surface area (Å²) in [6, 6.07) is 5.28. The first-order chi connectivity index (χ1) is 10.7. The van der Waals surface area contributed by atoms with Gasteiger partial charge in [0.25, 0.3) is 0 Å². The molecule has 1 aromatic rings. The van der Waals surface area contributed by atoms with Crippen molar-refractivity contribution in [1.82, 2.24) is 5.32 Å². The Hall–Kier alpha value is -1.30. The third-order valence-corrected chi connectivity index (χ3v) is 4.02. The molecule has 0 aliphatic carbocycles. The molecule has 1 heterocycles. The van der Waals surface area contributed by atoms with Gasteiger partial charge in [0, 0.05) is 23.7 Å². The van der Waals surface area contributed by atoms with Crippen molar-refractivity contribution < 1.29 is 14.6 Å². The molecule has 3 N–H and O–H groups in total. The molecule has 0 aromatic heterocycles. The number of aliphatic hydroxyl groups is 1. The van der Waals surface area contributed by atoms with Crippen LogP contribution in [0, 0.1) is 0 Å². The summed E-state index contributed by atoms with van der Waals surface area (Å²) in [6.45, 7) is 6.93. The summed E-state index contributed by atoms with van der Waals surface area (Å²) < 4.78 is 5.21. The number of anilines is 1. The van der Waals surface area contributed by atoms with Gasteiger partial charge in [-0.15, -0.1) is 0 Å². The normalized spacial score (nSPS) is 21.8. The first-order valence-corrected chi connectivity index (χ1v) is 8.26. The standard InChI is InChI=1S/C17H25ClN2O3/c1-16(2,3)23-15(21)20-13-6-5-12(14(18)9-13)10-17(22)7-4-8-19-11-17/h5-6,9,19,22H,4,7-8,10-11H2,1-3H3,(H,20,21). The molecule has 5 nitrogen and oxygen atoms in total. The molecule has 1 aromatic carbocycles. The summed E-state index contributed by atoms with van der Waals surface area (Å²) >= 11 is 6.30. The zero-order valence-electron chi connectivity index (χ0n) is 13.9. The van der Waals surface area contributed by atoms with Gasteiger partial charge in [0.1, 0.15) is 5.60 Å². The molecule has 1 saturated heterocycles. The highest BCUT2D eigenvalue weighted by molar-refractivity contribution is 6.31. The summed E-state index contributed by atoms with van der Waals surface area (Å²) in [7, 11) is 0. The highest BCUT2D eigenvalue weighted by Gasteiger charge is 2.30. The van der Waals surface area contributed by atoms with Crippen LogP contribution >= 0.6 is 11.6 Å². The Morgan fingerprint density at radius 3 is 2.78 bits per heavy atom. The average Bonchev–Trinajstić information content (AvgIpc) is 2.40. The van der Waals surface area contributed by atoms with E-state index in [-0.39, 0.29) is 0 Å². The molecule has 1 amide bonds. The Kier molecular flexibility index (Phi) is 5.55. The fourth-order valence-corrected chi connectivity index (χ4v) is 2.89. The molecule has 23 heavy (non-hydrogen) atoms. The zero-order valence-corrected chi connectivity index (χ0v) is 14.7. The number of hydrogen-bond acceptors (Lipinski definition) is 4. The van der Waals surface area contributed by atoms with Gasteiger partial charge in [0.2, 0.25) is 0 Å². The summed E-state index contributed by atoms with van der Waals surface area (Å²) in [4.78, 5) is 11.8. The average molecular weight is 341 g/mol. The number of ether oxygens (including phenoxy) is 1. The second-order valence-electron chi connectivity index (χ2n) is 7.11. The fraction of sp³-hybridized carbons (Fsp3) is 0.588. The van der Waals surface area contributed by atoms with Crippen molar-refractivity contribution in [3.63, 3.8) is 0 Å². The number of nitrogens with one attached hydrogen (secondary N) is 2. The van der Waals surface area contributed by atoms with E-state index in [0.29, 0.717) is 23.7 Å². The van der Waals surface area contributed by atoms with Gasteiger partial charge in [-0.25, -0.2) is 4.79 Å². The molecule has 0 spiro atoms. The van der Waals surface area contributed by atoms with Gasteiger partial charge in [-0.2, -0.15) is 0 Å². The van der Waals surface area contributed by atoms with Crippen LogP contribution < -0.4 is 10.6 Å². The van der Waals surface area contributed by atoms with Crippen LogP contribution in [-0.4, -0.2) is 35.5 Å². The smallest absolute Gasteiger partial charge is 0.412 e. The molecule has 128 valence electrons. The third-order valence-electron chi connectivity index (χ3n) is 3.67. The lowest BCUT2D eigenvalue weighted by molar-refractivity contribution is 0.0169. The molecule has 0 saturated carbocycles. The minimum absolute atomic E-state index is 0.492. The van der Waals surface area contributed by atoms with Crippen LogP contribution in [0.5, 0.6) is 0 Å². The second-order valence-corrected chi connectivity index (χ2v) is 7.52. The van der Waals surface area contributed by atoms with E-state index in [4.69, 9.17) is 16.3 Å². The number of halogens is 1. The summed E-state index contributed by atoms with van der Waals surface area (Å²) in [5, 5.41) is 17.0. The van der Waals surface area contributed by atoms with E-state index in [1.807, 2.05) is 26.8 Å². The van der Waals surface area contributed by atoms with E-state index in [0.717, 1.165) is 24.9 Å². The highest BCUT2D eigenvalue weighted by atomic mass is 35.5. The molecule has 0 bridgehead atoms. The Balaban J connectivity index is 2.01. The van der Waals surface area contributed by atoms with Crippen LogP contribution in [0.1, 0.15) is 39.2 Å². The number of rotatable bonds is 3. The Morgan fingerprint density at radius 2 is 2.22 bits per heavy atom. The Labute approximate surface area is 142 Å². The van der Waals surface area contributed by atoms with Crippen LogP contribution in [0.4, 0.5) is 10.5 Å². The zero-order chi connectivity index (χ0) is 17.1. The maximum Gasteiger partial charge on any atom is 0.412 e. The van der Waals surface area contributed by atoms with Crippen LogP contribution in [0.25, 0.3) is 0 Å². The van der Waals surface area contributed by atoms with E-state index in [2.05, 4.69) is 10.6 Å². The molecule has 1 atom stereocenters. The minimum Gasteiger partial charge on any atom is -0.444 e. The number of carbonyl (C=O) groups excluding carboxylic acids is 1. The van der Waals surface area contributed by atoms with Crippen molar-refractivity contribution in [3.05, 3.63) is 28.8 Å². The van der Waals surface area contributed by atoms with E-state index in [9.17, 15) is 9.90 Å². The summed E-state index contributed by atoms with van der Waals surface area (Å²) in [6.07, 6.45) is 1.68. The Bertz CT molecular complexity index is 563. The topological polar surface area (TPSA) is 70.6 Å². The minimum atomic E-state index is -0.762. The molecule has 1 fully saturated rings. The number of piperidine rings is 1. The molecule has 1 aliphatic heterocycles. The number of hydrogen-bond donors (Lipinski definition) is 3. The van der Waals surface area contributed by atoms with Gasteiger partial charge in [0.15, 0.2) is 0 Å². The molecule has 6 heteroatoms. The largest absolute Gasteiger partial charge is 0.444 e. The molecular formula is C17H25ClN2O3. The number of benzene rings is 1. The molecule has 2 rings (SSSR count). The van der Waals surface area contributed by atoms with E-state index in [1.54, 1.807) is 12.1 Å². The Morgan fingerprint density at radius 1 is 1.48 bits per heavy atom. The van der Waals surface area contributed by atoms with Crippen molar-refractivity contribution in [2.24, 2.45) is 0 Å². The van der Waals surface area contributed by atoms with E-state index < -0.39 is 17.3 Å². The van der Waals surface area contributed by atoms with Crippen LogP contribution in [0.3, 0.4) is 0 Å². The van der Waals surface area contributed by atoms with Gasteiger partial charge in [0.05, 0.1) is 5.60 Å². The quantitative estimate of drug-likeness (QED) is 0.789. The molecule has 0 radical (unpaired) electrons. The van der Waals surface area contributed by atoms with Crippen molar-refractivity contribution in [2.75, 3.05) is 18.4 Å². The summed E-state index contributed by atoms with van der Waals surface area (Å²) in [5.74, 6) is 0. The molecule has 1 aliphatic rings. The van der Waals surface area contributed by atoms with Crippen molar-refractivity contribution >= 4 is 23.4 Å². The molecular weight excluding hydrogens is 316 g/mol. The maximum absolute atomic E-state index is 11.8. The van der Waals surface area contributed by atoms with Gasteiger partial charge in [-0.05, 0) is 57.9 Å². The first kappa shape index (κ1) is 18.0. The fourth-order valence-electron chi connectivity index (χ4n) is 2.65. The van der Waals surface area contributed by atoms with Crippen molar-refractivity contribution in [1.29, 1.82) is 0 Å². The van der Waals surface area contributed by atoms with E-state index in [1.165, 1.54) is 0 Å². The lowest BCUT2D eigenvalue weighted by Gasteiger charge is -2.33. The monoisotopic (exact) mass is 340 g/mol. The van der Waals surface area contributed by atoms with Crippen LogP contribution in [0.15, 0.2) is 18.2 Å². The predicted molar refractivity (Wildman–Crippen MR) is 92.1 cm³/mol. The predicted octanol–water partition coefficient (Wildman–Crippen LogP) is 3.34. The van der Waals surface area contributed by atoms with Gasteiger partial charge in [-0.3, -0.25) is 5.32 Å². The number of β-amino-alcohol motifs (C(OH)–C–C–N with tert-alkyl or cyclic N) is 1. The maximum atomic E-state index is 11.8. The first-order valence-electron chi connectivity index (χ1n) is 7.88. The lowest BCUT2D eigenvalue weighted by atomic mass is 9.87. The van der Waals surface area contributed by atoms with Gasteiger partial charge < -0.3 is 15.2 Å². The van der Waals surface area contributed by atoms with Crippen molar-refractivity contribution in [3.8, 4) is 0 Å². The van der Waals surface area contributed by atoms with Crippen LogP contribution in [0.2, 0.25) is 5.02 Å². The third kappa shape index (κ3) is 5.68.